The first-order chi connectivity index (χ1) is 9.83. The monoisotopic (exact) mass is 426 g/mol. The molecule has 1 saturated heterocycles. The van der Waals surface area contributed by atoms with Crippen LogP contribution in [0.3, 0.4) is 0 Å². The van der Waals surface area contributed by atoms with E-state index in [9.17, 15) is 4.79 Å². The Morgan fingerprint density at radius 2 is 2.09 bits per heavy atom. The third-order valence-corrected chi connectivity index (χ3v) is 3.53. The summed E-state index contributed by atoms with van der Waals surface area (Å²) < 4.78 is 5.04. The lowest BCUT2D eigenvalue weighted by atomic mass is 9.96. The highest BCUT2D eigenvalue weighted by molar-refractivity contribution is 14.0. The van der Waals surface area contributed by atoms with Gasteiger partial charge < -0.3 is 19.9 Å². The van der Waals surface area contributed by atoms with Crippen molar-refractivity contribution in [3.05, 3.63) is 0 Å². The van der Waals surface area contributed by atoms with Crippen LogP contribution >= 0.6 is 24.0 Å². The van der Waals surface area contributed by atoms with Gasteiger partial charge in [0, 0.05) is 26.2 Å². The molecule has 6 nitrogen and oxygen atoms in total. The van der Waals surface area contributed by atoms with E-state index in [1.54, 1.807) is 7.11 Å². The smallest absolute Gasteiger partial charge is 0.242 e. The fourth-order valence-corrected chi connectivity index (χ4v) is 2.98. The number of rotatable bonds is 5. The summed E-state index contributed by atoms with van der Waals surface area (Å²) in [6.07, 6.45) is 0. The van der Waals surface area contributed by atoms with Crippen molar-refractivity contribution in [1.29, 1.82) is 0 Å². The van der Waals surface area contributed by atoms with E-state index >= 15 is 0 Å². The Balaban J connectivity index is 0.00000441. The minimum absolute atomic E-state index is 0. The standard InChI is InChI=1S/C15H30N4O2.HI/c1-7-16-14(17-8-9-21-6)18-10-13(20)19(12(2)3)15(4,5)11-18;/h12H,7-11H2,1-6H3,(H,16,17);1H. The van der Waals surface area contributed by atoms with Crippen molar-refractivity contribution in [2.24, 2.45) is 4.99 Å². The average molecular weight is 426 g/mol. The molecule has 0 aromatic heterocycles. The van der Waals surface area contributed by atoms with Gasteiger partial charge >= 0.3 is 0 Å². The summed E-state index contributed by atoms with van der Waals surface area (Å²) in [5.74, 6) is 0.943. The van der Waals surface area contributed by atoms with Gasteiger partial charge in [0.05, 0.1) is 25.2 Å². The third-order valence-electron chi connectivity index (χ3n) is 3.53. The van der Waals surface area contributed by atoms with E-state index in [0.717, 1.165) is 19.0 Å². The van der Waals surface area contributed by atoms with Crippen LogP contribution in [0.15, 0.2) is 4.99 Å². The van der Waals surface area contributed by atoms with Crippen LogP contribution in [0.2, 0.25) is 0 Å². The lowest BCUT2D eigenvalue weighted by Gasteiger charge is -2.49. The summed E-state index contributed by atoms with van der Waals surface area (Å²) in [4.78, 5) is 21.0. The van der Waals surface area contributed by atoms with E-state index in [0.29, 0.717) is 19.7 Å². The van der Waals surface area contributed by atoms with Gasteiger partial charge in [0.15, 0.2) is 5.96 Å². The zero-order valence-corrected chi connectivity index (χ0v) is 17.0. The molecule has 0 aromatic rings. The predicted molar refractivity (Wildman–Crippen MR) is 101 cm³/mol. The second-order valence-electron chi connectivity index (χ2n) is 6.25. The fraction of sp³-hybridized carbons (Fsp3) is 0.867. The number of carbonyl (C=O) groups is 1. The highest BCUT2D eigenvalue weighted by Gasteiger charge is 2.40. The number of nitrogens with zero attached hydrogens (tertiary/aromatic N) is 3. The van der Waals surface area contributed by atoms with E-state index in [1.165, 1.54) is 0 Å². The fourth-order valence-electron chi connectivity index (χ4n) is 2.98. The van der Waals surface area contributed by atoms with Gasteiger partial charge in [-0.15, -0.1) is 24.0 Å². The zero-order valence-electron chi connectivity index (χ0n) is 14.7. The normalized spacial score (nSPS) is 18.5. The molecule has 1 N–H and O–H groups in total. The molecule has 1 rings (SSSR count). The maximum absolute atomic E-state index is 12.5. The van der Waals surface area contributed by atoms with Gasteiger partial charge in [-0.2, -0.15) is 0 Å². The maximum atomic E-state index is 12.5. The molecule has 0 atom stereocenters. The van der Waals surface area contributed by atoms with Crippen LogP contribution in [0.25, 0.3) is 0 Å². The summed E-state index contributed by atoms with van der Waals surface area (Å²) in [7, 11) is 1.66. The molecule has 0 radical (unpaired) electrons. The summed E-state index contributed by atoms with van der Waals surface area (Å²) in [5, 5.41) is 3.26. The molecule has 1 aliphatic rings. The van der Waals surface area contributed by atoms with Gasteiger partial charge in [0.2, 0.25) is 5.91 Å². The molecule has 22 heavy (non-hydrogen) atoms. The number of guanidine groups is 1. The minimum Gasteiger partial charge on any atom is -0.383 e. The largest absolute Gasteiger partial charge is 0.383 e. The Kier molecular flexibility index (Phi) is 9.30. The number of ether oxygens (including phenoxy) is 1. The molecule has 1 amide bonds. The first kappa shape index (κ1) is 21.4. The summed E-state index contributed by atoms with van der Waals surface area (Å²) in [6, 6.07) is 0.211. The van der Waals surface area contributed by atoms with Crippen molar-refractivity contribution in [3.63, 3.8) is 0 Å². The lowest BCUT2D eigenvalue weighted by Crippen LogP contribution is -2.66. The Bertz CT molecular complexity index is 386. The van der Waals surface area contributed by atoms with Crippen LogP contribution in [0.4, 0.5) is 0 Å². The molecule has 0 aromatic carbocycles. The number of halogens is 1. The van der Waals surface area contributed by atoms with Gasteiger partial charge in [-0.05, 0) is 34.6 Å². The first-order valence-corrected chi connectivity index (χ1v) is 7.67. The molecule has 1 fully saturated rings. The van der Waals surface area contributed by atoms with Crippen LogP contribution in [0.5, 0.6) is 0 Å². The van der Waals surface area contributed by atoms with E-state index in [4.69, 9.17) is 4.74 Å². The summed E-state index contributed by atoms with van der Waals surface area (Å²) >= 11 is 0. The Labute approximate surface area is 151 Å². The number of nitrogens with one attached hydrogen (secondary N) is 1. The highest BCUT2D eigenvalue weighted by Crippen LogP contribution is 2.24. The predicted octanol–water partition coefficient (Wildman–Crippen LogP) is 1.55. The average Bonchev–Trinajstić information content (AvgIpc) is 2.35. The quantitative estimate of drug-likeness (QED) is 0.314. The Hall–Kier alpha value is -0.570. The molecule has 7 heteroatoms. The van der Waals surface area contributed by atoms with Crippen molar-refractivity contribution >= 4 is 35.8 Å². The molecule has 0 bridgehead atoms. The number of methoxy groups -OCH3 is 1. The van der Waals surface area contributed by atoms with Crippen molar-refractivity contribution in [2.45, 2.75) is 46.2 Å². The molecule has 0 unspecified atom stereocenters. The first-order valence-electron chi connectivity index (χ1n) is 7.67. The highest BCUT2D eigenvalue weighted by atomic mass is 127. The van der Waals surface area contributed by atoms with E-state index in [2.05, 4.69) is 38.0 Å². The maximum Gasteiger partial charge on any atom is 0.242 e. The second kappa shape index (κ2) is 9.54. The SMILES string of the molecule is CCNC(=NCCOC)N1CC(=O)N(C(C)C)C(C)(C)C1.I. The number of piperazine rings is 1. The van der Waals surface area contributed by atoms with E-state index in [1.807, 2.05) is 16.7 Å². The van der Waals surface area contributed by atoms with Crippen LogP contribution in [-0.4, -0.2) is 73.1 Å². The van der Waals surface area contributed by atoms with Gasteiger partial charge in [-0.3, -0.25) is 9.79 Å². The lowest BCUT2D eigenvalue weighted by molar-refractivity contribution is -0.145. The van der Waals surface area contributed by atoms with Gasteiger partial charge in [-0.25, -0.2) is 0 Å². The van der Waals surface area contributed by atoms with E-state index in [-0.39, 0.29) is 41.5 Å². The summed E-state index contributed by atoms with van der Waals surface area (Å²) in [6.45, 7) is 13.5. The molecule has 1 heterocycles. The number of hydrogen-bond donors (Lipinski definition) is 1. The Morgan fingerprint density at radius 1 is 1.45 bits per heavy atom. The number of amides is 1. The second-order valence-corrected chi connectivity index (χ2v) is 6.25. The summed E-state index contributed by atoms with van der Waals surface area (Å²) in [5.41, 5.74) is -0.207. The van der Waals surface area contributed by atoms with Gasteiger partial charge in [0.1, 0.15) is 0 Å². The topological polar surface area (TPSA) is 57.2 Å². The van der Waals surface area contributed by atoms with Crippen molar-refractivity contribution in [1.82, 2.24) is 15.1 Å². The molecule has 1 aliphatic heterocycles. The molecular weight excluding hydrogens is 395 g/mol. The molecule has 0 spiro atoms. The van der Waals surface area contributed by atoms with Crippen molar-refractivity contribution in [2.75, 3.05) is 39.9 Å². The molecule has 0 aliphatic carbocycles. The number of aliphatic imine (C=N–C) groups is 1. The van der Waals surface area contributed by atoms with Crippen LogP contribution in [0, 0.1) is 0 Å². The van der Waals surface area contributed by atoms with Crippen LogP contribution < -0.4 is 5.32 Å². The van der Waals surface area contributed by atoms with Crippen molar-refractivity contribution < 1.29 is 9.53 Å². The number of hydrogen-bond acceptors (Lipinski definition) is 3. The van der Waals surface area contributed by atoms with Crippen LogP contribution in [-0.2, 0) is 9.53 Å². The molecule has 0 saturated carbocycles. The third kappa shape index (κ3) is 5.57. The van der Waals surface area contributed by atoms with Crippen LogP contribution in [0.1, 0.15) is 34.6 Å². The van der Waals surface area contributed by atoms with Gasteiger partial charge in [-0.1, -0.05) is 0 Å². The molecule has 130 valence electrons. The van der Waals surface area contributed by atoms with Crippen molar-refractivity contribution in [3.8, 4) is 0 Å². The van der Waals surface area contributed by atoms with E-state index < -0.39 is 0 Å². The van der Waals surface area contributed by atoms with Gasteiger partial charge in [0.25, 0.3) is 0 Å². The number of carbonyl (C=O) groups excluding carboxylic acids is 1. The minimum atomic E-state index is -0.207. The molecular formula is C15H31IN4O2. The zero-order chi connectivity index (χ0) is 16.0. The Morgan fingerprint density at radius 3 is 2.55 bits per heavy atom.